The minimum Gasteiger partial charge on any atom is -0.471 e. The lowest BCUT2D eigenvalue weighted by Crippen LogP contribution is -2.42. The van der Waals surface area contributed by atoms with Gasteiger partial charge in [-0.1, -0.05) is 22.0 Å². The monoisotopic (exact) mass is 482 g/mol. The highest BCUT2D eigenvalue weighted by molar-refractivity contribution is 9.10. The van der Waals surface area contributed by atoms with Gasteiger partial charge in [0.25, 0.3) is 10.0 Å². The summed E-state index contributed by atoms with van der Waals surface area (Å²) in [5, 5.41) is 0. The van der Waals surface area contributed by atoms with Crippen molar-refractivity contribution in [1.82, 2.24) is 4.98 Å². The molecule has 0 amide bonds. The fourth-order valence-electron chi connectivity index (χ4n) is 2.93. The van der Waals surface area contributed by atoms with E-state index >= 15 is 0 Å². The lowest BCUT2D eigenvalue weighted by molar-refractivity contribution is -0.153. The van der Waals surface area contributed by atoms with Crippen LogP contribution in [0.1, 0.15) is 33.3 Å². The molecule has 0 radical (unpaired) electrons. The van der Waals surface area contributed by atoms with Gasteiger partial charge in [0.05, 0.1) is 17.9 Å². The Morgan fingerprint density at radius 2 is 2.07 bits per heavy atom. The van der Waals surface area contributed by atoms with Gasteiger partial charge in [0, 0.05) is 10.7 Å². The summed E-state index contributed by atoms with van der Waals surface area (Å²) in [6, 6.07) is 8.13. The fourth-order valence-corrected chi connectivity index (χ4v) is 5.06. The summed E-state index contributed by atoms with van der Waals surface area (Å²) >= 11 is 3.31. The number of halogens is 1. The molecule has 0 N–H and O–H groups in total. The molecule has 1 aromatic carbocycles. The lowest BCUT2D eigenvalue weighted by atomic mass is 10.1. The maximum Gasteiger partial charge on any atom is 0.310 e. The predicted molar refractivity (Wildman–Crippen MR) is 113 cm³/mol. The SMILES string of the molecule is C[C@H]1CN(S(=O)(=O)c2cccc(Br)c2)c2cc(CC(=O)OC(C)(C)C)cnc2O1. The average Bonchev–Trinajstić information content (AvgIpc) is 2.59. The van der Waals surface area contributed by atoms with Crippen molar-refractivity contribution >= 4 is 37.6 Å². The maximum absolute atomic E-state index is 13.3. The first-order valence-electron chi connectivity index (χ1n) is 9.11. The summed E-state index contributed by atoms with van der Waals surface area (Å²) in [6.45, 7) is 7.29. The van der Waals surface area contributed by atoms with Crippen LogP contribution in [-0.2, 0) is 26.0 Å². The van der Waals surface area contributed by atoms with Crippen molar-refractivity contribution in [2.45, 2.75) is 50.7 Å². The largest absolute Gasteiger partial charge is 0.471 e. The van der Waals surface area contributed by atoms with Crippen LogP contribution < -0.4 is 9.04 Å². The number of nitrogens with zero attached hydrogens (tertiary/aromatic N) is 2. The molecule has 2 aromatic rings. The molecule has 9 heteroatoms. The number of hydrogen-bond acceptors (Lipinski definition) is 6. The minimum atomic E-state index is -3.84. The summed E-state index contributed by atoms with van der Waals surface area (Å²) in [5.41, 5.74) is 0.252. The van der Waals surface area contributed by atoms with E-state index in [-0.39, 0.29) is 29.8 Å². The number of ether oxygens (including phenoxy) is 2. The number of carbonyl (C=O) groups excluding carboxylic acids is 1. The molecule has 0 unspecified atom stereocenters. The standard InChI is InChI=1S/C20H23BrN2O5S/c1-13-12-23(29(25,26)16-7-5-6-15(21)10-16)17-8-14(11-22-19(17)27-13)9-18(24)28-20(2,3)4/h5-8,10-11,13H,9,12H2,1-4H3/t13-/m0/s1. The Balaban J connectivity index is 1.97. The molecule has 3 rings (SSSR count). The van der Waals surface area contributed by atoms with Crippen molar-refractivity contribution in [1.29, 1.82) is 0 Å². The zero-order valence-electron chi connectivity index (χ0n) is 16.7. The first kappa shape index (κ1) is 21.6. The Hall–Kier alpha value is -2.13. The Labute approximate surface area is 179 Å². The molecular formula is C20H23BrN2O5S. The van der Waals surface area contributed by atoms with E-state index < -0.39 is 21.6 Å². The molecule has 7 nitrogen and oxygen atoms in total. The zero-order valence-corrected chi connectivity index (χ0v) is 19.1. The number of rotatable bonds is 4. The highest BCUT2D eigenvalue weighted by atomic mass is 79.9. The summed E-state index contributed by atoms with van der Waals surface area (Å²) in [7, 11) is -3.84. The normalized spacial score (nSPS) is 16.7. The molecule has 0 spiro atoms. The molecule has 0 saturated heterocycles. The van der Waals surface area contributed by atoms with Gasteiger partial charge in [0.2, 0.25) is 5.88 Å². The molecule has 0 aliphatic carbocycles. The van der Waals surface area contributed by atoms with Gasteiger partial charge in [-0.2, -0.15) is 0 Å². The summed E-state index contributed by atoms with van der Waals surface area (Å²) in [5.74, 6) is -0.194. The van der Waals surface area contributed by atoms with Crippen molar-refractivity contribution < 1.29 is 22.7 Å². The number of hydrogen-bond donors (Lipinski definition) is 0. The van der Waals surface area contributed by atoms with Crippen LogP contribution in [0.5, 0.6) is 5.88 Å². The third-order valence-corrected chi connectivity index (χ3v) is 6.31. The Morgan fingerprint density at radius 1 is 1.34 bits per heavy atom. The van der Waals surface area contributed by atoms with Crippen LogP contribution in [0.4, 0.5) is 5.69 Å². The van der Waals surface area contributed by atoms with E-state index in [4.69, 9.17) is 9.47 Å². The van der Waals surface area contributed by atoms with Gasteiger partial charge in [-0.15, -0.1) is 0 Å². The highest BCUT2D eigenvalue weighted by Crippen LogP contribution is 2.36. The van der Waals surface area contributed by atoms with Crippen LogP contribution in [0, 0.1) is 0 Å². The molecule has 29 heavy (non-hydrogen) atoms. The van der Waals surface area contributed by atoms with Crippen molar-refractivity contribution in [3.8, 4) is 5.88 Å². The molecule has 1 aromatic heterocycles. The smallest absolute Gasteiger partial charge is 0.310 e. The number of benzene rings is 1. The molecule has 1 aliphatic heterocycles. The van der Waals surface area contributed by atoms with Gasteiger partial charge in [-0.25, -0.2) is 13.4 Å². The Morgan fingerprint density at radius 3 is 2.72 bits per heavy atom. The van der Waals surface area contributed by atoms with Gasteiger partial charge >= 0.3 is 5.97 Å². The molecule has 156 valence electrons. The van der Waals surface area contributed by atoms with Crippen LogP contribution in [0.15, 0.2) is 45.9 Å². The number of anilines is 1. The van der Waals surface area contributed by atoms with E-state index in [0.717, 1.165) is 0 Å². The summed E-state index contributed by atoms with van der Waals surface area (Å²) < 4.78 is 39.6. The molecular weight excluding hydrogens is 460 g/mol. The number of aromatic nitrogens is 1. The second kappa shape index (κ2) is 7.95. The fraction of sp³-hybridized carbons (Fsp3) is 0.400. The number of esters is 1. The van der Waals surface area contributed by atoms with Gasteiger partial charge in [0.1, 0.15) is 17.4 Å². The quantitative estimate of drug-likeness (QED) is 0.617. The van der Waals surface area contributed by atoms with Crippen molar-refractivity contribution in [2.75, 3.05) is 10.8 Å². The van der Waals surface area contributed by atoms with Crippen LogP contribution in [-0.4, -0.2) is 37.6 Å². The molecule has 0 bridgehead atoms. The molecule has 0 fully saturated rings. The lowest BCUT2D eigenvalue weighted by Gasteiger charge is -2.33. The minimum absolute atomic E-state index is 0.0160. The second-order valence-corrected chi connectivity index (χ2v) is 10.6. The predicted octanol–water partition coefficient (Wildman–Crippen LogP) is 3.70. The summed E-state index contributed by atoms with van der Waals surface area (Å²) in [4.78, 5) is 16.6. The second-order valence-electron chi connectivity index (χ2n) is 7.85. The van der Waals surface area contributed by atoms with Crippen LogP contribution in [0.3, 0.4) is 0 Å². The van der Waals surface area contributed by atoms with Crippen molar-refractivity contribution in [3.63, 3.8) is 0 Å². The van der Waals surface area contributed by atoms with E-state index in [1.807, 2.05) is 0 Å². The third-order valence-electron chi connectivity index (χ3n) is 4.05. The first-order valence-corrected chi connectivity index (χ1v) is 11.3. The topological polar surface area (TPSA) is 85.8 Å². The maximum atomic E-state index is 13.3. The van der Waals surface area contributed by atoms with Gasteiger partial charge in [0.15, 0.2) is 0 Å². The zero-order chi connectivity index (χ0) is 21.4. The van der Waals surface area contributed by atoms with Crippen LogP contribution in [0.25, 0.3) is 0 Å². The Kier molecular flexibility index (Phi) is 5.91. The molecule has 2 heterocycles. The van der Waals surface area contributed by atoms with Crippen molar-refractivity contribution in [2.24, 2.45) is 0 Å². The van der Waals surface area contributed by atoms with Gasteiger partial charge < -0.3 is 9.47 Å². The van der Waals surface area contributed by atoms with Crippen LogP contribution >= 0.6 is 15.9 Å². The number of fused-ring (bicyclic) bond motifs is 1. The van der Waals surface area contributed by atoms with Gasteiger partial charge in [-0.3, -0.25) is 9.10 Å². The van der Waals surface area contributed by atoms with Crippen LogP contribution in [0.2, 0.25) is 0 Å². The van der Waals surface area contributed by atoms with E-state index in [0.29, 0.717) is 15.7 Å². The summed E-state index contributed by atoms with van der Waals surface area (Å²) in [6.07, 6.45) is 1.12. The molecule has 1 atom stereocenters. The number of pyridine rings is 1. The van der Waals surface area contributed by atoms with E-state index in [2.05, 4.69) is 20.9 Å². The van der Waals surface area contributed by atoms with E-state index in [9.17, 15) is 13.2 Å². The number of sulfonamides is 1. The van der Waals surface area contributed by atoms with E-state index in [1.54, 1.807) is 52.0 Å². The third kappa shape index (κ3) is 5.08. The average molecular weight is 483 g/mol. The Bertz CT molecular complexity index is 1030. The number of carbonyl (C=O) groups is 1. The van der Waals surface area contributed by atoms with E-state index in [1.165, 1.54) is 16.6 Å². The first-order chi connectivity index (χ1) is 13.5. The molecule has 0 saturated carbocycles. The molecule has 1 aliphatic rings. The highest BCUT2D eigenvalue weighted by Gasteiger charge is 2.34. The van der Waals surface area contributed by atoms with Crippen molar-refractivity contribution in [3.05, 3.63) is 46.6 Å². The van der Waals surface area contributed by atoms with Gasteiger partial charge in [-0.05, 0) is 57.5 Å².